The molecule has 0 amide bonds. The Morgan fingerprint density at radius 1 is 1.36 bits per heavy atom. The van der Waals surface area contributed by atoms with Gasteiger partial charge >= 0.3 is 5.69 Å². The second-order valence-corrected chi connectivity index (χ2v) is 2.95. The minimum Gasteiger partial charge on any atom is -0.384 e. The molecule has 2 aromatic rings. The van der Waals surface area contributed by atoms with E-state index in [4.69, 9.17) is 5.73 Å². The molecule has 0 aliphatic carbocycles. The first-order chi connectivity index (χ1) is 6.70. The zero-order valence-corrected chi connectivity index (χ0v) is 7.66. The van der Waals surface area contributed by atoms with Crippen molar-refractivity contribution >= 4 is 16.9 Å². The number of nitrogens with two attached hydrogens (primary N) is 1. The lowest BCUT2D eigenvalue weighted by Gasteiger charge is -1.98. The van der Waals surface area contributed by atoms with Gasteiger partial charge in [0.1, 0.15) is 5.84 Å². The van der Waals surface area contributed by atoms with Gasteiger partial charge < -0.3 is 15.7 Å². The minimum atomic E-state index is -0.218. The molecule has 0 radical (unpaired) electrons. The monoisotopic (exact) mass is 190 g/mol. The summed E-state index contributed by atoms with van der Waals surface area (Å²) >= 11 is 0. The first-order valence-corrected chi connectivity index (χ1v) is 4.15. The number of nitrogens with zero attached hydrogens (tertiary/aromatic N) is 1. The molecule has 1 aromatic carbocycles. The van der Waals surface area contributed by atoms with Crippen molar-refractivity contribution in [1.82, 2.24) is 9.97 Å². The highest BCUT2D eigenvalue weighted by molar-refractivity contribution is 5.99. The maximum atomic E-state index is 11.0. The number of nitrogens with one attached hydrogen (secondary N) is 2. The molecule has 0 bridgehead atoms. The van der Waals surface area contributed by atoms with E-state index in [0.717, 1.165) is 16.6 Å². The number of aliphatic imine (C=N–C) groups is 1. The fourth-order valence-corrected chi connectivity index (χ4v) is 1.32. The van der Waals surface area contributed by atoms with Crippen LogP contribution < -0.4 is 11.4 Å². The van der Waals surface area contributed by atoms with Crippen LogP contribution in [0.1, 0.15) is 5.56 Å². The zero-order valence-electron chi connectivity index (χ0n) is 7.66. The second-order valence-electron chi connectivity index (χ2n) is 2.95. The molecule has 0 unspecified atom stereocenters. The first kappa shape index (κ1) is 8.55. The maximum Gasteiger partial charge on any atom is 0.323 e. The summed E-state index contributed by atoms with van der Waals surface area (Å²) in [4.78, 5) is 20.1. The standard InChI is InChI=1S/C9H10N4O/c1-11-8(10)5-2-3-6-7(4-5)13-9(14)12-6/h2-4H,1H3,(H2,10,11)(H2,12,13,14). The Morgan fingerprint density at radius 3 is 2.79 bits per heavy atom. The number of amidine groups is 1. The quantitative estimate of drug-likeness (QED) is 0.443. The van der Waals surface area contributed by atoms with Gasteiger partial charge in [0.15, 0.2) is 0 Å². The fourth-order valence-electron chi connectivity index (χ4n) is 1.32. The molecule has 0 aliphatic rings. The van der Waals surface area contributed by atoms with E-state index >= 15 is 0 Å². The van der Waals surface area contributed by atoms with Gasteiger partial charge in [-0.3, -0.25) is 4.99 Å². The van der Waals surface area contributed by atoms with E-state index < -0.39 is 0 Å². The number of aromatic amines is 2. The highest BCUT2D eigenvalue weighted by Crippen LogP contribution is 2.09. The first-order valence-electron chi connectivity index (χ1n) is 4.15. The third-order valence-corrected chi connectivity index (χ3v) is 2.05. The Morgan fingerprint density at radius 2 is 2.07 bits per heavy atom. The van der Waals surface area contributed by atoms with E-state index in [1.54, 1.807) is 19.2 Å². The number of rotatable bonds is 1. The summed E-state index contributed by atoms with van der Waals surface area (Å²) in [5, 5.41) is 0. The molecule has 1 aromatic heterocycles. The summed E-state index contributed by atoms with van der Waals surface area (Å²) in [5.74, 6) is 0.453. The van der Waals surface area contributed by atoms with Crippen molar-refractivity contribution in [3.05, 3.63) is 34.2 Å². The van der Waals surface area contributed by atoms with Crippen molar-refractivity contribution in [2.45, 2.75) is 0 Å². The van der Waals surface area contributed by atoms with Crippen LogP contribution in [0.15, 0.2) is 28.0 Å². The Hall–Kier alpha value is -2.04. The van der Waals surface area contributed by atoms with Gasteiger partial charge in [0.2, 0.25) is 0 Å². The Bertz CT molecular complexity index is 549. The van der Waals surface area contributed by atoms with Gasteiger partial charge in [0.05, 0.1) is 11.0 Å². The van der Waals surface area contributed by atoms with Crippen LogP contribution in [0.25, 0.3) is 11.0 Å². The summed E-state index contributed by atoms with van der Waals surface area (Å²) < 4.78 is 0. The minimum absolute atomic E-state index is 0.218. The molecule has 0 aliphatic heterocycles. The van der Waals surface area contributed by atoms with Crippen LogP contribution in [-0.2, 0) is 0 Å². The summed E-state index contributed by atoms with van der Waals surface area (Å²) in [5.41, 5.74) is 7.72. The predicted molar refractivity (Wildman–Crippen MR) is 55.6 cm³/mol. The molecule has 2 rings (SSSR count). The average Bonchev–Trinajstić information content (AvgIpc) is 2.55. The van der Waals surface area contributed by atoms with Crippen LogP contribution in [0.5, 0.6) is 0 Å². The van der Waals surface area contributed by atoms with Crippen LogP contribution in [0.2, 0.25) is 0 Å². The van der Waals surface area contributed by atoms with Crippen LogP contribution >= 0.6 is 0 Å². The predicted octanol–water partition coefficient (Wildman–Crippen LogP) is 0.191. The van der Waals surface area contributed by atoms with Crippen LogP contribution in [0.3, 0.4) is 0 Å². The number of fused-ring (bicyclic) bond motifs is 1. The third-order valence-electron chi connectivity index (χ3n) is 2.05. The third kappa shape index (κ3) is 1.28. The smallest absolute Gasteiger partial charge is 0.323 e. The largest absolute Gasteiger partial charge is 0.384 e. The summed E-state index contributed by atoms with van der Waals surface area (Å²) in [7, 11) is 1.62. The van der Waals surface area contributed by atoms with Crippen LogP contribution in [-0.4, -0.2) is 22.9 Å². The fraction of sp³-hybridized carbons (Fsp3) is 0.111. The van der Waals surface area contributed by atoms with Crippen molar-refractivity contribution in [3.8, 4) is 0 Å². The molecular weight excluding hydrogens is 180 g/mol. The van der Waals surface area contributed by atoms with Gasteiger partial charge in [-0.2, -0.15) is 0 Å². The molecule has 5 nitrogen and oxygen atoms in total. The van der Waals surface area contributed by atoms with E-state index in [2.05, 4.69) is 15.0 Å². The van der Waals surface area contributed by atoms with Crippen molar-refractivity contribution in [2.24, 2.45) is 10.7 Å². The van der Waals surface area contributed by atoms with Gasteiger partial charge in [-0.15, -0.1) is 0 Å². The van der Waals surface area contributed by atoms with E-state index in [9.17, 15) is 4.79 Å². The van der Waals surface area contributed by atoms with Crippen molar-refractivity contribution < 1.29 is 0 Å². The van der Waals surface area contributed by atoms with E-state index in [1.807, 2.05) is 6.07 Å². The maximum absolute atomic E-state index is 11.0. The molecule has 0 saturated heterocycles. The molecule has 72 valence electrons. The van der Waals surface area contributed by atoms with E-state index in [1.165, 1.54) is 0 Å². The van der Waals surface area contributed by atoms with Crippen molar-refractivity contribution in [1.29, 1.82) is 0 Å². The van der Waals surface area contributed by atoms with Crippen LogP contribution in [0, 0.1) is 0 Å². The van der Waals surface area contributed by atoms with Crippen molar-refractivity contribution in [3.63, 3.8) is 0 Å². The number of imidazole rings is 1. The summed E-state index contributed by atoms with van der Waals surface area (Å²) in [6, 6.07) is 5.39. The summed E-state index contributed by atoms with van der Waals surface area (Å²) in [6.45, 7) is 0. The summed E-state index contributed by atoms with van der Waals surface area (Å²) in [6.07, 6.45) is 0. The molecule has 4 N–H and O–H groups in total. The van der Waals surface area contributed by atoms with Gasteiger partial charge in [-0.1, -0.05) is 0 Å². The molecule has 0 atom stereocenters. The van der Waals surface area contributed by atoms with Gasteiger partial charge in [0, 0.05) is 12.6 Å². The number of aromatic nitrogens is 2. The second kappa shape index (κ2) is 3.02. The molecule has 5 heteroatoms. The highest BCUT2D eigenvalue weighted by Gasteiger charge is 2.01. The lowest BCUT2D eigenvalue weighted by molar-refractivity contribution is 1.21. The SMILES string of the molecule is CN=C(N)c1ccc2[nH]c(=O)[nH]c2c1. The number of benzene rings is 1. The molecule has 1 heterocycles. The molecule has 0 spiro atoms. The zero-order chi connectivity index (χ0) is 10.1. The number of H-pyrrole nitrogens is 2. The van der Waals surface area contributed by atoms with Gasteiger partial charge in [-0.25, -0.2) is 4.79 Å². The molecule has 0 fully saturated rings. The van der Waals surface area contributed by atoms with Crippen LogP contribution in [0.4, 0.5) is 0 Å². The van der Waals surface area contributed by atoms with Crippen molar-refractivity contribution in [2.75, 3.05) is 7.05 Å². The van der Waals surface area contributed by atoms with E-state index in [0.29, 0.717) is 5.84 Å². The Labute approximate surface area is 79.7 Å². The Balaban J connectivity index is 2.67. The average molecular weight is 190 g/mol. The topological polar surface area (TPSA) is 87.0 Å². The van der Waals surface area contributed by atoms with Gasteiger partial charge in [-0.05, 0) is 18.2 Å². The molecule has 14 heavy (non-hydrogen) atoms. The van der Waals surface area contributed by atoms with E-state index in [-0.39, 0.29) is 5.69 Å². The lowest BCUT2D eigenvalue weighted by Crippen LogP contribution is -2.12. The lowest BCUT2D eigenvalue weighted by atomic mass is 10.2. The number of hydrogen-bond acceptors (Lipinski definition) is 2. The number of hydrogen-bond donors (Lipinski definition) is 3. The normalized spacial score (nSPS) is 12.2. The van der Waals surface area contributed by atoms with Gasteiger partial charge in [0.25, 0.3) is 0 Å². The highest BCUT2D eigenvalue weighted by atomic mass is 16.1. The molecule has 0 saturated carbocycles. The molecular formula is C9H10N4O. The Kier molecular flexibility index (Phi) is 1.85.